The molecular formula is C8H7N5OS. The minimum atomic E-state index is -0.256. The van der Waals surface area contributed by atoms with Gasteiger partial charge in [0.2, 0.25) is 10.3 Å². The summed E-state index contributed by atoms with van der Waals surface area (Å²) in [6.45, 7) is 0. The van der Waals surface area contributed by atoms with Crippen LogP contribution in [-0.4, -0.2) is 21.1 Å². The van der Waals surface area contributed by atoms with E-state index in [-0.39, 0.29) is 5.91 Å². The number of hydrogen-bond acceptors (Lipinski definition) is 6. The lowest BCUT2D eigenvalue weighted by atomic mass is 10.2. The highest BCUT2D eigenvalue weighted by Crippen LogP contribution is 2.16. The molecule has 0 aromatic carbocycles. The van der Waals surface area contributed by atoms with E-state index < -0.39 is 0 Å². The van der Waals surface area contributed by atoms with Crippen molar-refractivity contribution < 1.29 is 4.79 Å². The summed E-state index contributed by atoms with van der Waals surface area (Å²) < 4.78 is 0. The monoisotopic (exact) mass is 221 g/mol. The van der Waals surface area contributed by atoms with Crippen LogP contribution in [0.2, 0.25) is 0 Å². The maximum atomic E-state index is 11.6. The summed E-state index contributed by atoms with van der Waals surface area (Å²) in [5.41, 5.74) is 5.89. The van der Waals surface area contributed by atoms with Gasteiger partial charge in [-0.2, -0.15) is 0 Å². The summed E-state index contributed by atoms with van der Waals surface area (Å²) in [6, 6.07) is 3.22. The molecule has 7 heteroatoms. The molecule has 2 aromatic rings. The number of carbonyl (C=O) groups is 1. The number of nitrogens with zero attached hydrogens (tertiary/aromatic N) is 3. The van der Waals surface area contributed by atoms with Crippen LogP contribution < -0.4 is 11.1 Å². The first-order valence-corrected chi connectivity index (χ1v) is 4.88. The Balaban J connectivity index is 2.11. The molecule has 0 unspecified atom stereocenters. The largest absolute Gasteiger partial charge is 0.374 e. The molecule has 3 N–H and O–H groups in total. The molecule has 0 saturated heterocycles. The second-order valence-corrected chi connectivity index (χ2v) is 3.64. The fourth-order valence-corrected chi connectivity index (χ4v) is 1.46. The zero-order valence-corrected chi connectivity index (χ0v) is 8.36. The Morgan fingerprint density at radius 3 is 2.67 bits per heavy atom. The van der Waals surface area contributed by atoms with Crippen LogP contribution in [0.4, 0.5) is 10.3 Å². The number of pyridine rings is 1. The topological polar surface area (TPSA) is 93.8 Å². The quantitative estimate of drug-likeness (QED) is 0.781. The molecule has 2 rings (SSSR count). The Bertz CT molecular complexity index is 469. The zero-order valence-electron chi connectivity index (χ0n) is 7.54. The van der Waals surface area contributed by atoms with Gasteiger partial charge in [-0.3, -0.25) is 15.1 Å². The van der Waals surface area contributed by atoms with E-state index in [1.54, 1.807) is 24.5 Å². The maximum absolute atomic E-state index is 11.6. The van der Waals surface area contributed by atoms with Crippen molar-refractivity contribution in [2.75, 3.05) is 11.1 Å². The Labute approximate surface area is 89.2 Å². The smallest absolute Gasteiger partial charge is 0.257 e. The lowest BCUT2D eigenvalue weighted by molar-refractivity contribution is 0.102. The summed E-state index contributed by atoms with van der Waals surface area (Å²) in [4.78, 5) is 15.4. The van der Waals surface area contributed by atoms with Crippen LogP contribution in [0.1, 0.15) is 10.4 Å². The molecule has 0 saturated carbocycles. The first kappa shape index (κ1) is 9.53. The predicted molar refractivity (Wildman–Crippen MR) is 56.5 cm³/mol. The first-order valence-electron chi connectivity index (χ1n) is 4.06. The van der Waals surface area contributed by atoms with Crippen LogP contribution in [0.3, 0.4) is 0 Å². The number of amides is 1. The fourth-order valence-electron chi connectivity index (χ4n) is 0.958. The number of aromatic nitrogens is 3. The van der Waals surface area contributed by atoms with E-state index in [1.165, 1.54) is 0 Å². The molecule has 0 aliphatic heterocycles. The molecule has 0 bridgehead atoms. The average Bonchev–Trinajstić information content (AvgIpc) is 2.65. The molecule has 76 valence electrons. The van der Waals surface area contributed by atoms with Gasteiger partial charge in [0, 0.05) is 18.0 Å². The van der Waals surface area contributed by atoms with Crippen molar-refractivity contribution in [1.29, 1.82) is 0 Å². The van der Waals surface area contributed by atoms with Crippen molar-refractivity contribution in [3.8, 4) is 0 Å². The molecule has 6 nitrogen and oxygen atoms in total. The van der Waals surface area contributed by atoms with Gasteiger partial charge in [-0.15, -0.1) is 10.2 Å². The van der Waals surface area contributed by atoms with Gasteiger partial charge in [0.25, 0.3) is 5.91 Å². The highest BCUT2D eigenvalue weighted by Gasteiger charge is 2.08. The van der Waals surface area contributed by atoms with Gasteiger partial charge in [0.05, 0.1) is 0 Å². The number of nitrogens with two attached hydrogens (primary N) is 1. The molecule has 0 fully saturated rings. The summed E-state index contributed by atoms with van der Waals surface area (Å²) in [5, 5.41) is 10.5. The lowest BCUT2D eigenvalue weighted by Crippen LogP contribution is -2.11. The van der Waals surface area contributed by atoms with Crippen molar-refractivity contribution in [2.45, 2.75) is 0 Å². The molecule has 2 aromatic heterocycles. The molecule has 0 radical (unpaired) electrons. The number of anilines is 2. The maximum Gasteiger partial charge on any atom is 0.257 e. The summed E-state index contributed by atoms with van der Waals surface area (Å²) in [5.74, 6) is -0.256. The van der Waals surface area contributed by atoms with E-state index in [1.807, 2.05) is 0 Å². The van der Waals surface area contributed by atoms with E-state index >= 15 is 0 Å². The van der Waals surface area contributed by atoms with Crippen LogP contribution in [0.15, 0.2) is 24.5 Å². The molecular weight excluding hydrogens is 214 g/mol. The normalized spacial score (nSPS) is 9.87. The number of nitrogen functional groups attached to an aromatic ring is 1. The molecule has 0 aliphatic carbocycles. The Hall–Kier alpha value is -2.02. The first-order chi connectivity index (χ1) is 7.25. The number of nitrogens with one attached hydrogen (secondary N) is 1. The van der Waals surface area contributed by atoms with E-state index in [0.29, 0.717) is 15.8 Å². The van der Waals surface area contributed by atoms with E-state index in [0.717, 1.165) is 11.3 Å². The highest BCUT2D eigenvalue weighted by atomic mass is 32.1. The van der Waals surface area contributed by atoms with E-state index in [4.69, 9.17) is 5.73 Å². The number of carbonyl (C=O) groups excluding carboxylic acids is 1. The molecule has 1 amide bonds. The van der Waals surface area contributed by atoms with Crippen molar-refractivity contribution in [3.05, 3.63) is 30.1 Å². The van der Waals surface area contributed by atoms with Crippen LogP contribution in [-0.2, 0) is 0 Å². The van der Waals surface area contributed by atoms with Gasteiger partial charge in [-0.1, -0.05) is 11.3 Å². The van der Waals surface area contributed by atoms with Gasteiger partial charge in [0.1, 0.15) is 0 Å². The van der Waals surface area contributed by atoms with Gasteiger partial charge in [-0.25, -0.2) is 0 Å². The molecule has 2 heterocycles. The summed E-state index contributed by atoms with van der Waals surface area (Å²) in [6.07, 6.45) is 3.09. The van der Waals surface area contributed by atoms with Gasteiger partial charge in [-0.05, 0) is 12.1 Å². The van der Waals surface area contributed by atoms with Crippen molar-refractivity contribution in [3.63, 3.8) is 0 Å². The zero-order chi connectivity index (χ0) is 10.7. The van der Waals surface area contributed by atoms with Crippen molar-refractivity contribution in [2.24, 2.45) is 0 Å². The average molecular weight is 221 g/mol. The fraction of sp³-hybridized carbons (Fsp3) is 0. The van der Waals surface area contributed by atoms with Gasteiger partial charge < -0.3 is 5.73 Å². The third-order valence-corrected chi connectivity index (χ3v) is 2.27. The molecule has 0 spiro atoms. The SMILES string of the molecule is Nc1nnc(NC(=O)c2ccncc2)s1. The summed E-state index contributed by atoms with van der Waals surface area (Å²) in [7, 11) is 0. The van der Waals surface area contributed by atoms with E-state index in [2.05, 4.69) is 20.5 Å². The van der Waals surface area contributed by atoms with Gasteiger partial charge >= 0.3 is 0 Å². The molecule has 15 heavy (non-hydrogen) atoms. The van der Waals surface area contributed by atoms with Crippen LogP contribution >= 0.6 is 11.3 Å². The van der Waals surface area contributed by atoms with Gasteiger partial charge in [0.15, 0.2) is 0 Å². The Morgan fingerprint density at radius 1 is 1.33 bits per heavy atom. The standard InChI is InChI=1S/C8H7N5OS/c9-7-12-13-8(15-7)11-6(14)5-1-3-10-4-2-5/h1-4H,(H2,9,12)(H,11,13,14). The highest BCUT2D eigenvalue weighted by molar-refractivity contribution is 7.19. The Morgan fingerprint density at radius 2 is 2.07 bits per heavy atom. The lowest BCUT2D eigenvalue weighted by Gasteiger charge is -1.99. The second-order valence-electron chi connectivity index (χ2n) is 2.64. The third-order valence-electron chi connectivity index (χ3n) is 1.60. The van der Waals surface area contributed by atoms with E-state index in [9.17, 15) is 4.79 Å². The Kier molecular flexibility index (Phi) is 2.55. The van der Waals surface area contributed by atoms with Crippen LogP contribution in [0.5, 0.6) is 0 Å². The van der Waals surface area contributed by atoms with Crippen LogP contribution in [0, 0.1) is 0 Å². The predicted octanol–water partition coefficient (Wildman–Crippen LogP) is 0.768. The van der Waals surface area contributed by atoms with Crippen molar-refractivity contribution in [1.82, 2.24) is 15.2 Å². The third kappa shape index (κ3) is 2.26. The number of rotatable bonds is 2. The van der Waals surface area contributed by atoms with Crippen molar-refractivity contribution >= 4 is 27.5 Å². The molecule has 0 atom stereocenters. The van der Waals surface area contributed by atoms with Crippen LogP contribution in [0.25, 0.3) is 0 Å². The second kappa shape index (κ2) is 4.01. The minimum absolute atomic E-state index is 0.256. The summed E-state index contributed by atoms with van der Waals surface area (Å²) >= 11 is 1.12. The number of hydrogen-bond donors (Lipinski definition) is 2. The minimum Gasteiger partial charge on any atom is -0.374 e. The molecule has 0 aliphatic rings.